The van der Waals surface area contributed by atoms with E-state index in [0.717, 1.165) is 46.9 Å². The van der Waals surface area contributed by atoms with E-state index in [-0.39, 0.29) is 0 Å². The Kier molecular flexibility index (Phi) is 5.55. The Bertz CT molecular complexity index is 850. The molecule has 1 aromatic heterocycles. The van der Waals surface area contributed by atoms with Crippen LogP contribution in [0.2, 0.25) is 5.02 Å². The van der Waals surface area contributed by atoms with Gasteiger partial charge in [-0.05, 0) is 30.3 Å². The van der Waals surface area contributed by atoms with Crippen LogP contribution >= 0.6 is 11.6 Å². The second kappa shape index (κ2) is 7.69. The van der Waals surface area contributed by atoms with E-state index in [9.17, 15) is 8.42 Å². The Morgan fingerprint density at radius 1 is 1.04 bits per heavy atom. The van der Waals surface area contributed by atoms with Crippen LogP contribution in [0.15, 0.2) is 42.6 Å². The molecule has 0 amide bonds. The molecule has 0 saturated carbocycles. The summed E-state index contributed by atoms with van der Waals surface area (Å²) in [5.41, 5.74) is 2.10. The fourth-order valence-electron chi connectivity index (χ4n) is 2.75. The average molecular weight is 396 g/mol. The first-order valence-corrected chi connectivity index (χ1v) is 10.1. The first-order valence-electron chi connectivity index (χ1n) is 8.27. The molecule has 1 aromatic carbocycles. The van der Waals surface area contributed by atoms with Crippen LogP contribution in [-0.4, -0.2) is 58.0 Å². The fourth-order valence-corrected chi connectivity index (χ4v) is 3.50. The van der Waals surface area contributed by atoms with Crippen molar-refractivity contribution in [3.63, 3.8) is 0 Å². The van der Waals surface area contributed by atoms with E-state index in [0.29, 0.717) is 5.82 Å². The van der Waals surface area contributed by atoms with Crippen LogP contribution in [0.5, 0.6) is 0 Å². The highest BCUT2D eigenvalue weighted by Gasteiger charge is 2.19. The van der Waals surface area contributed by atoms with Gasteiger partial charge in [0.1, 0.15) is 5.82 Å². The Morgan fingerprint density at radius 2 is 1.69 bits per heavy atom. The molecule has 0 spiro atoms. The van der Waals surface area contributed by atoms with Gasteiger partial charge in [0.25, 0.3) is 0 Å². The lowest BCUT2D eigenvalue weighted by molar-refractivity contribution is 0.526. The van der Waals surface area contributed by atoms with Gasteiger partial charge in [-0.25, -0.2) is 4.98 Å². The Balaban J connectivity index is 1.61. The molecule has 9 heteroatoms. The van der Waals surface area contributed by atoms with Crippen LogP contribution in [0, 0.1) is 0 Å². The fraction of sp³-hybridized carbons (Fsp3) is 0.353. The summed E-state index contributed by atoms with van der Waals surface area (Å²) in [7, 11) is -0.604. The summed E-state index contributed by atoms with van der Waals surface area (Å²) in [4.78, 5) is 8.76. The summed E-state index contributed by atoms with van der Waals surface area (Å²) in [6.45, 7) is 3.48. The van der Waals surface area contributed by atoms with Gasteiger partial charge in [0.2, 0.25) is 0 Å². The minimum atomic E-state index is -3.54. The number of pyridine rings is 1. The average Bonchev–Trinajstić information content (AvgIpc) is 2.62. The third-order valence-corrected chi connectivity index (χ3v) is 5.94. The highest BCUT2D eigenvalue weighted by atomic mass is 35.5. The normalized spacial score (nSPS) is 15.4. The molecule has 1 aliphatic heterocycles. The summed E-state index contributed by atoms with van der Waals surface area (Å²) in [5.74, 6) is 0.306. The summed E-state index contributed by atoms with van der Waals surface area (Å²) < 4.78 is 27.2. The quantitative estimate of drug-likeness (QED) is 0.841. The summed E-state index contributed by atoms with van der Waals surface area (Å²) >= 11 is 6.07. The van der Waals surface area contributed by atoms with E-state index in [1.165, 1.54) is 14.1 Å². The lowest BCUT2D eigenvalue weighted by Crippen LogP contribution is -2.46. The molecular weight excluding hydrogens is 374 g/mol. The molecule has 2 aromatic rings. The standard InChI is InChI=1S/C17H22ClN5O2S/c1-21(2)26(24,25)20-17-7-6-16(13-19-17)23-10-8-22(9-11-23)15-5-3-4-14(18)12-15/h3-7,12-13H,8-11H2,1-2H3,(H,19,20). The molecule has 1 aliphatic rings. The predicted octanol–water partition coefficient (Wildman–Crippen LogP) is 2.28. The van der Waals surface area contributed by atoms with E-state index in [2.05, 4.69) is 25.6 Å². The number of hydrogen-bond acceptors (Lipinski definition) is 5. The van der Waals surface area contributed by atoms with E-state index in [4.69, 9.17) is 11.6 Å². The first kappa shape index (κ1) is 18.8. The molecule has 1 fully saturated rings. The van der Waals surface area contributed by atoms with Crippen molar-refractivity contribution >= 4 is 39.0 Å². The monoisotopic (exact) mass is 395 g/mol. The molecule has 0 bridgehead atoms. The SMILES string of the molecule is CN(C)S(=O)(=O)Nc1ccc(N2CCN(c3cccc(Cl)c3)CC2)cn1. The van der Waals surface area contributed by atoms with E-state index in [1.807, 2.05) is 24.3 Å². The lowest BCUT2D eigenvalue weighted by atomic mass is 10.2. The third-order valence-electron chi connectivity index (χ3n) is 4.28. The van der Waals surface area contributed by atoms with Crippen molar-refractivity contribution in [2.24, 2.45) is 0 Å². The number of halogens is 1. The molecule has 3 rings (SSSR count). The second-order valence-corrected chi connectivity index (χ2v) is 8.57. The molecule has 0 aliphatic carbocycles. The van der Waals surface area contributed by atoms with Crippen molar-refractivity contribution in [3.8, 4) is 0 Å². The van der Waals surface area contributed by atoms with Crippen LogP contribution < -0.4 is 14.5 Å². The van der Waals surface area contributed by atoms with Crippen molar-refractivity contribution in [3.05, 3.63) is 47.6 Å². The summed E-state index contributed by atoms with van der Waals surface area (Å²) in [6, 6.07) is 11.4. The zero-order chi connectivity index (χ0) is 18.7. The number of nitrogens with zero attached hydrogens (tertiary/aromatic N) is 4. The largest absolute Gasteiger partial charge is 0.368 e. The molecule has 7 nitrogen and oxygen atoms in total. The van der Waals surface area contributed by atoms with Gasteiger partial charge in [-0.15, -0.1) is 0 Å². The molecule has 1 N–H and O–H groups in total. The second-order valence-electron chi connectivity index (χ2n) is 6.25. The number of rotatable bonds is 5. The number of anilines is 3. The Hall–Kier alpha value is -2.03. The first-order chi connectivity index (χ1) is 12.3. The summed E-state index contributed by atoms with van der Waals surface area (Å²) in [6.07, 6.45) is 1.70. The number of hydrogen-bond donors (Lipinski definition) is 1. The molecule has 26 heavy (non-hydrogen) atoms. The molecule has 1 saturated heterocycles. The van der Waals surface area contributed by atoms with Gasteiger partial charge in [-0.3, -0.25) is 4.72 Å². The van der Waals surface area contributed by atoms with Crippen LogP contribution in [0.1, 0.15) is 0 Å². The summed E-state index contributed by atoms with van der Waals surface area (Å²) in [5, 5.41) is 0.741. The van der Waals surface area contributed by atoms with E-state index >= 15 is 0 Å². The van der Waals surface area contributed by atoms with Crippen LogP contribution in [-0.2, 0) is 10.2 Å². The number of piperazine rings is 1. The van der Waals surface area contributed by atoms with Crippen molar-refractivity contribution in [1.29, 1.82) is 0 Å². The molecule has 0 unspecified atom stereocenters. The maximum atomic E-state index is 11.8. The van der Waals surface area contributed by atoms with E-state index in [1.54, 1.807) is 12.3 Å². The third kappa shape index (κ3) is 4.38. The maximum absolute atomic E-state index is 11.8. The highest BCUT2D eigenvalue weighted by Crippen LogP contribution is 2.23. The van der Waals surface area contributed by atoms with Crippen molar-refractivity contribution in [2.45, 2.75) is 0 Å². The van der Waals surface area contributed by atoms with Gasteiger partial charge in [0.05, 0.1) is 11.9 Å². The van der Waals surface area contributed by atoms with Gasteiger partial charge in [-0.2, -0.15) is 12.7 Å². The highest BCUT2D eigenvalue weighted by molar-refractivity contribution is 7.90. The van der Waals surface area contributed by atoms with Crippen LogP contribution in [0.3, 0.4) is 0 Å². The zero-order valence-electron chi connectivity index (χ0n) is 14.8. The molecule has 0 radical (unpaired) electrons. The lowest BCUT2D eigenvalue weighted by Gasteiger charge is -2.37. The zero-order valence-corrected chi connectivity index (χ0v) is 16.3. The molecular formula is C17H22ClN5O2S. The van der Waals surface area contributed by atoms with Crippen molar-refractivity contribution < 1.29 is 8.42 Å². The minimum absolute atomic E-state index is 0.306. The Labute approximate surface area is 159 Å². The van der Waals surface area contributed by atoms with E-state index < -0.39 is 10.2 Å². The van der Waals surface area contributed by atoms with Gasteiger partial charge >= 0.3 is 10.2 Å². The number of aromatic nitrogens is 1. The minimum Gasteiger partial charge on any atom is -0.368 e. The smallest absolute Gasteiger partial charge is 0.302 e. The van der Waals surface area contributed by atoms with Crippen LogP contribution in [0.25, 0.3) is 0 Å². The number of nitrogens with one attached hydrogen (secondary N) is 1. The van der Waals surface area contributed by atoms with Gasteiger partial charge in [-0.1, -0.05) is 17.7 Å². The molecule has 2 heterocycles. The topological polar surface area (TPSA) is 68.8 Å². The van der Waals surface area contributed by atoms with Gasteiger partial charge < -0.3 is 9.80 Å². The predicted molar refractivity (Wildman–Crippen MR) is 106 cm³/mol. The molecule has 0 atom stereocenters. The number of benzene rings is 1. The Morgan fingerprint density at radius 3 is 2.23 bits per heavy atom. The molecule has 140 valence electrons. The van der Waals surface area contributed by atoms with Crippen molar-refractivity contribution in [1.82, 2.24) is 9.29 Å². The van der Waals surface area contributed by atoms with Gasteiger partial charge in [0, 0.05) is 51.0 Å². The van der Waals surface area contributed by atoms with Gasteiger partial charge in [0.15, 0.2) is 0 Å². The maximum Gasteiger partial charge on any atom is 0.302 e. The van der Waals surface area contributed by atoms with Crippen molar-refractivity contribution in [2.75, 3.05) is 54.8 Å². The van der Waals surface area contributed by atoms with Crippen LogP contribution in [0.4, 0.5) is 17.2 Å².